The molecule has 34 heavy (non-hydrogen) atoms. The number of ether oxygens (including phenoxy) is 7. The number of carbonyl (C=O) groups is 2. The lowest BCUT2D eigenvalue weighted by Gasteiger charge is -2.09. The average Bonchev–Trinajstić information content (AvgIpc) is 2.84. The zero-order chi connectivity index (χ0) is 24.5. The van der Waals surface area contributed by atoms with Gasteiger partial charge in [0.15, 0.2) is 0 Å². The van der Waals surface area contributed by atoms with E-state index in [1.54, 1.807) is 0 Å². The van der Waals surface area contributed by atoms with E-state index in [1.165, 1.54) is 0 Å². The van der Waals surface area contributed by atoms with Crippen molar-refractivity contribution in [3.05, 3.63) is 30.3 Å². The first kappa shape index (κ1) is 29.8. The van der Waals surface area contributed by atoms with Crippen LogP contribution in [0.2, 0.25) is 0 Å². The smallest absolute Gasteiger partial charge is 0.305 e. The Balaban J connectivity index is 1.69. The molecule has 0 spiro atoms. The molecule has 1 aromatic carbocycles. The largest absolute Gasteiger partial charge is 0.491 e. The van der Waals surface area contributed by atoms with Gasteiger partial charge in [0, 0.05) is 12.8 Å². The van der Waals surface area contributed by atoms with Crippen molar-refractivity contribution in [1.29, 1.82) is 0 Å². The number of hydrogen-bond acceptors (Lipinski definition) is 9. The van der Waals surface area contributed by atoms with Gasteiger partial charge in [-0.05, 0) is 25.0 Å². The Morgan fingerprint density at radius 3 is 1.53 bits per heavy atom. The van der Waals surface area contributed by atoms with Gasteiger partial charge in [-0.15, -0.1) is 0 Å². The lowest BCUT2D eigenvalue weighted by Crippen LogP contribution is -2.15. The average molecular weight is 487 g/mol. The van der Waals surface area contributed by atoms with Crippen LogP contribution in [0.25, 0.3) is 0 Å². The number of para-hydroxylation sites is 1. The SMILES string of the molecule is O=C(O)CCCCC(=O)OCCOCCOCCOCCOCCOCCOc1ccccc1. The number of benzene rings is 1. The molecule has 0 atom stereocenters. The maximum atomic E-state index is 11.4. The van der Waals surface area contributed by atoms with Gasteiger partial charge in [0.25, 0.3) is 0 Å². The fourth-order valence-corrected chi connectivity index (χ4v) is 2.55. The van der Waals surface area contributed by atoms with Gasteiger partial charge in [0.05, 0.1) is 66.1 Å². The molecule has 1 aromatic rings. The molecule has 0 saturated carbocycles. The minimum absolute atomic E-state index is 0.0668. The minimum atomic E-state index is -0.858. The Kier molecular flexibility index (Phi) is 19.8. The summed E-state index contributed by atoms with van der Waals surface area (Å²) in [4.78, 5) is 21.8. The van der Waals surface area contributed by atoms with Crippen LogP contribution < -0.4 is 4.74 Å². The first-order valence-corrected chi connectivity index (χ1v) is 11.6. The number of unbranched alkanes of at least 4 members (excludes halogenated alkanes) is 1. The van der Waals surface area contributed by atoms with E-state index in [0.29, 0.717) is 85.5 Å². The van der Waals surface area contributed by atoms with Gasteiger partial charge in [0.1, 0.15) is 19.0 Å². The highest BCUT2D eigenvalue weighted by Crippen LogP contribution is 2.07. The predicted molar refractivity (Wildman–Crippen MR) is 123 cm³/mol. The van der Waals surface area contributed by atoms with Crippen LogP contribution in [-0.4, -0.2) is 96.3 Å². The maximum Gasteiger partial charge on any atom is 0.305 e. The quantitative estimate of drug-likeness (QED) is 0.172. The molecule has 10 nitrogen and oxygen atoms in total. The molecule has 0 unspecified atom stereocenters. The van der Waals surface area contributed by atoms with Gasteiger partial charge in [-0.2, -0.15) is 0 Å². The van der Waals surface area contributed by atoms with Crippen LogP contribution in [0.1, 0.15) is 25.7 Å². The lowest BCUT2D eigenvalue weighted by atomic mass is 10.2. The Bertz CT molecular complexity index is 611. The number of carbonyl (C=O) groups excluding carboxylic acids is 1. The van der Waals surface area contributed by atoms with Gasteiger partial charge in [-0.25, -0.2) is 0 Å². The normalized spacial score (nSPS) is 10.8. The number of carboxylic acid groups (broad SMARTS) is 1. The van der Waals surface area contributed by atoms with E-state index in [2.05, 4.69) is 0 Å². The van der Waals surface area contributed by atoms with Crippen LogP contribution >= 0.6 is 0 Å². The van der Waals surface area contributed by atoms with Gasteiger partial charge in [0.2, 0.25) is 0 Å². The Labute approximate surface area is 201 Å². The fourth-order valence-electron chi connectivity index (χ4n) is 2.55. The third-order valence-corrected chi connectivity index (χ3v) is 4.24. The van der Waals surface area contributed by atoms with Crippen molar-refractivity contribution in [2.45, 2.75) is 25.7 Å². The molecule has 0 aliphatic rings. The molecule has 0 aromatic heterocycles. The van der Waals surface area contributed by atoms with Crippen LogP contribution in [0.4, 0.5) is 0 Å². The minimum Gasteiger partial charge on any atom is -0.491 e. The number of aliphatic carboxylic acids is 1. The lowest BCUT2D eigenvalue weighted by molar-refractivity contribution is -0.146. The zero-order valence-corrected chi connectivity index (χ0v) is 19.8. The Morgan fingerprint density at radius 2 is 1.03 bits per heavy atom. The van der Waals surface area contributed by atoms with Crippen molar-refractivity contribution in [3.8, 4) is 5.75 Å². The summed E-state index contributed by atoms with van der Waals surface area (Å²) < 4.78 is 37.5. The summed E-state index contributed by atoms with van der Waals surface area (Å²) in [6, 6.07) is 9.61. The van der Waals surface area contributed by atoms with Crippen molar-refractivity contribution >= 4 is 11.9 Å². The van der Waals surface area contributed by atoms with Crippen LogP contribution in [0.15, 0.2) is 30.3 Å². The Hall–Kier alpha value is -2.24. The molecule has 10 heteroatoms. The molecule has 1 rings (SSSR count). The summed E-state index contributed by atoms with van der Waals surface area (Å²) in [5.74, 6) is -0.367. The van der Waals surface area contributed by atoms with E-state index in [4.69, 9.17) is 38.3 Å². The summed E-state index contributed by atoms with van der Waals surface area (Å²) in [5.41, 5.74) is 0. The highest BCUT2D eigenvalue weighted by atomic mass is 16.6. The van der Waals surface area contributed by atoms with Crippen LogP contribution in [0, 0.1) is 0 Å². The predicted octanol–water partition coefficient (Wildman–Crippen LogP) is 2.34. The maximum absolute atomic E-state index is 11.4. The van der Waals surface area contributed by atoms with Crippen LogP contribution in [-0.2, 0) is 38.0 Å². The number of carboxylic acids is 1. The first-order chi connectivity index (χ1) is 16.7. The second-order valence-electron chi connectivity index (χ2n) is 7.04. The molecule has 0 fully saturated rings. The van der Waals surface area contributed by atoms with Crippen molar-refractivity contribution in [2.24, 2.45) is 0 Å². The van der Waals surface area contributed by atoms with Crippen molar-refractivity contribution < 1.29 is 47.9 Å². The third kappa shape index (κ3) is 20.4. The number of rotatable bonds is 24. The molecule has 0 aliphatic heterocycles. The molecule has 0 radical (unpaired) electrons. The summed E-state index contributed by atoms with van der Waals surface area (Å²) >= 11 is 0. The molecule has 0 aliphatic carbocycles. The molecule has 0 heterocycles. The Morgan fingerprint density at radius 1 is 0.588 bits per heavy atom. The van der Waals surface area contributed by atoms with E-state index in [0.717, 1.165) is 5.75 Å². The van der Waals surface area contributed by atoms with E-state index < -0.39 is 5.97 Å². The van der Waals surface area contributed by atoms with E-state index >= 15 is 0 Å². The highest BCUT2D eigenvalue weighted by molar-refractivity contribution is 5.69. The van der Waals surface area contributed by atoms with Crippen LogP contribution in [0.3, 0.4) is 0 Å². The third-order valence-electron chi connectivity index (χ3n) is 4.24. The van der Waals surface area contributed by atoms with Crippen molar-refractivity contribution in [3.63, 3.8) is 0 Å². The standard InChI is InChI=1S/C24H38O10/c25-23(26)8-4-5-9-24(27)34-21-19-32-17-15-30-13-11-28-10-12-29-14-16-31-18-20-33-22-6-2-1-3-7-22/h1-3,6-7H,4-5,8-21H2,(H,25,26). The molecule has 1 N–H and O–H groups in total. The summed E-state index contributed by atoms with van der Waals surface area (Å²) in [6.45, 7) is 5.22. The highest BCUT2D eigenvalue weighted by Gasteiger charge is 2.04. The van der Waals surface area contributed by atoms with Gasteiger partial charge >= 0.3 is 11.9 Å². The number of esters is 1. The summed E-state index contributed by atoms with van der Waals surface area (Å²) in [5, 5.41) is 8.51. The van der Waals surface area contributed by atoms with E-state index in [9.17, 15) is 9.59 Å². The van der Waals surface area contributed by atoms with Gasteiger partial charge in [-0.3, -0.25) is 9.59 Å². The van der Waals surface area contributed by atoms with E-state index in [-0.39, 0.29) is 25.4 Å². The molecule has 0 amide bonds. The molecular formula is C24H38O10. The second kappa shape index (κ2) is 22.5. The van der Waals surface area contributed by atoms with Gasteiger partial charge in [-0.1, -0.05) is 18.2 Å². The summed E-state index contributed by atoms with van der Waals surface area (Å²) in [6.07, 6.45) is 1.26. The topological polar surface area (TPSA) is 119 Å². The number of hydrogen-bond donors (Lipinski definition) is 1. The molecule has 194 valence electrons. The second-order valence-corrected chi connectivity index (χ2v) is 7.04. The summed E-state index contributed by atoms with van der Waals surface area (Å²) in [7, 11) is 0. The van der Waals surface area contributed by atoms with Crippen molar-refractivity contribution in [2.75, 3.05) is 79.3 Å². The zero-order valence-electron chi connectivity index (χ0n) is 19.8. The molecule has 0 saturated heterocycles. The van der Waals surface area contributed by atoms with Crippen molar-refractivity contribution in [1.82, 2.24) is 0 Å². The molecule has 0 bridgehead atoms. The van der Waals surface area contributed by atoms with Gasteiger partial charge < -0.3 is 38.3 Å². The first-order valence-electron chi connectivity index (χ1n) is 11.6. The monoisotopic (exact) mass is 486 g/mol. The van der Waals surface area contributed by atoms with E-state index in [1.807, 2.05) is 30.3 Å². The fraction of sp³-hybridized carbons (Fsp3) is 0.667. The van der Waals surface area contributed by atoms with Crippen LogP contribution in [0.5, 0.6) is 5.75 Å². The molecular weight excluding hydrogens is 448 g/mol.